The maximum atomic E-state index is 11.2. The Balaban J connectivity index is 0.00000280. The molecule has 1 aliphatic rings. The van der Waals surface area contributed by atoms with Crippen LogP contribution in [0.1, 0.15) is 46.7 Å². The molecule has 28 heavy (non-hydrogen) atoms. The first kappa shape index (κ1) is 22.0. The lowest BCUT2D eigenvalue weighted by atomic mass is 9.73. The molecule has 1 aliphatic carbocycles. The monoisotopic (exact) mass is 401 g/mol. The van der Waals surface area contributed by atoms with Gasteiger partial charge in [0.25, 0.3) is 0 Å². The predicted octanol–water partition coefficient (Wildman–Crippen LogP) is 5.04. The molecule has 0 spiro atoms. The number of allylic oxidation sites excluding steroid dienone is 1. The number of carbonyl (C=O) groups is 1. The van der Waals surface area contributed by atoms with Crippen LogP contribution < -0.4 is 0 Å². The van der Waals surface area contributed by atoms with Crippen molar-refractivity contribution in [2.75, 3.05) is 20.6 Å². The molecule has 4 nitrogen and oxygen atoms in total. The fraction of sp³-hybridized carbons (Fsp3) is 0.348. The Morgan fingerprint density at radius 1 is 1.18 bits per heavy atom. The molecule has 0 amide bonds. The van der Waals surface area contributed by atoms with Gasteiger partial charge in [0, 0.05) is 6.54 Å². The summed E-state index contributed by atoms with van der Waals surface area (Å²) in [6.07, 6.45) is 5.17. The van der Waals surface area contributed by atoms with E-state index in [2.05, 4.69) is 31.1 Å². The van der Waals surface area contributed by atoms with Crippen LogP contribution in [0.2, 0.25) is 0 Å². The smallest absolute Gasteiger partial charge is 0.335 e. The molecule has 2 N–H and O–H groups in total. The van der Waals surface area contributed by atoms with E-state index < -0.39 is 5.97 Å². The number of nitrogens with zero attached hydrogens (tertiary/aromatic N) is 1. The third-order valence-electron chi connectivity index (χ3n) is 5.29. The Bertz CT molecular complexity index is 847. The van der Waals surface area contributed by atoms with Gasteiger partial charge in [-0.1, -0.05) is 35.9 Å². The summed E-state index contributed by atoms with van der Waals surface area (Å²) in [6.45, 7) is 1.02. The average molecular weight is 402 g/mol. The van der Waals surface area contributed by atoms with Gasteiger partial charge in [-0.15, -0.1) is 12.4 Å². The van der Waals surface area contributed by atoms with Crippen molar-refractivity contribution in [2.45, 2.75) is 25.2 Å². The molecule has 0 aliphatic heterocycles. The number of halogens is 1. The summed E-state index contributed by atoms with van der Waals surface area (Å²) in [5, 5.41) is 19.1. The number of phenols is 1. The van der Waals surface area contributed by atoms with Gasteiger partial charge in [-0.3, -0.25) is 0 Å². The van der Waals surface area contributed by atoms with Crippen LogP contribution in [-0.4, -0.2) is 41.7 Å². The van der Waals surface area contributed by atoms with Crippen molar-refractivity contribution in [3.8, 4) is 5.75 Å². The van der Waals surface area contributed by atoms with Crippen molar-refractivity contribution in [3.63, 3.8) is 0 Å². The summed E-state index contributed by atoms with van der Waals surface area (Å²) in [7, 11) is 4.20. The summed E-state index contributed by atoms with van der Waals surface area (Å²) in [4.78, 5) is 13.4. The van der Waals surface area contributed by atoms with Crippen molar-refractivity contribution < 1.29 is 15.0 Å². The Kier molecular flexibility index (Phi) is 7.67. The Morgan fingerprint density at radius 2 is 1.93 bits per heavy atom. The molecule has 2 aromatic carbocycles. The minimum Gasteiger partial charge on any atom is -0.508 e. The van der Waals surface area contributed by atoms with Gasteiger partial charge in [-0.2, -0.15) is 0 Å². The quantitative estimate of drug-likeness (QED) is 0.736. The molecular weight excluding hydrogens is 374 g/mol. The SMILES string of the molecule is CN(C)CC1CCC(=Cc2cccc(C(=O)O)c2)CC1c1cccc(O)c1.Cl. The summed E-state index contributed by atoms with van der Waals surface area (Å²) in [6, 6.07) is 14.7. The number of aromatic hydroxyl groups is 1. The number of hydrogen-bond donors (Lipinski definition) is 2. The average Bonchev–Trinajstić information content (AvgIpc) is 2.63. The topological polar surface area (TPSA) is 60.8 Å². The molecule has 1 saturated carbocycles. The third kappa shape index (κ3) is 5.60. The second-order valence-electron chi connectivity index (χ2n) is 7.70. The van der Waals surface area contributed by atoms with Crippen LogP contribution >= 0.6 is 12.4 Å². The third-order valence-corrected chi connectivity index (χ3v) is 5.29. The molecule has 0 aromatic heterocycles. The highest BCUT2D eigenvalue weighted by Gasteiger charge is 2.29. The van der Waals surface area contributed by atoms with Crippen LogP contribution in [0, 0.1) is 5.92 Å². The summed E-state index contributed by atoms with van der Waals surface area (Å²) in [5.41, 5.74) is 3.76. The maximum Gasteiger partial charge on any atom is 0.335 e. The van der Waals surface area contributed by atoms with Crippen LogP contribution in [0.15, 0.2) is 54.1 Å². The van der Waals surface area contributed by atoms with Gasteiger partial charge < -0.3 is 15.1 Å². The molecule has 0 bridgehead atoms. The second kappa shape index (κ2) is 9.76. The van der Waals surface area contributed by atoms with E-state index >= 15 is 0 Å². The number of phenolic OH excluding ortho intramolecular Hbond substituents is 1. The van der Waals surface area contributed by atoms with Crippen LogP contribution in [0.25, 0.3) is 6.08 Å². The number of rotatable bonds is 5. The van der Waals surface area contributed by atoms with E-state index in [1.165, 1.54) is 11.1 Å². The summed E-state index contributed by atoms with van der Waals surface area (Å²) in [5.74, 6) is 0.287. The maximum absolute atomic E-state index is 11.2. The second-order valence-corrected chi connectivity index (χ2v) is 7.70. The molecule has 0 radical (unpaired) electrons. The van der Waals surface area contributed by atoms with Crippen molar-refractivity contribution in [3.05, 3.63) is 70.8 Å². The van der Waals surface area contributed by atoms with E-state index in [1.54, 1.807) is 24.3 Å². The van der Waals surface area contributed by atoms with Gasteiger partial charge in [-0.05, 0) is 80.6 Å². The first-order valence-electron chi connectivity index (χ1n) is 9.39. The molecule has 5 heteroatoms. The van der Waals surface area contributed by atoms with Gasteiger partial charge in [0.15, 0.2) is 0 Å². The highest BCUT2D eigenvalue weighted by molar-refractivity contribution is 5.88. The number of carboxylic acid groups (broad SMARTS) is 1. The highest BCUT2D eigenvalue weighted by Crippen LogP contribution is 2.42. The van der Waals surface area contributed by atoms with Gasteiger partial charge in [0.05, 0.1) is 5.56 Å². The van der Waals surface area contributed by atoms with Gasteiger partial charge in [-0.25, -0.2) is 4.79 Å². The minimum atomic E-state index is -0.900. The number of carboxylic acids is 1. The molecule has 150 valence electrons. The standard InChI is InChI=1S/C23H27NO3.ClH/c1-24(2)15-20-10-9-17(11-16-5-3-7-19(12-16)23(26)27)13-22(20)18-6-4-8-21(25)14-18;/h3-8,11-12,14,20,22,25H,9-10,13,15H2,1-2H3,(H,26,27);1H. The van der Waals surface area contributed by atoms with Gasteiger partial charge in [0.2, 0.25) is 0 Å². The molecule has 3 rings (SSSR count). The van der Waals surface area contributed by atoms with E-state index in [4.69, 9.17) is 0 Å². The van der Waals surface area contributed by atoms with E-state index in [9.17, 15) is 15.0 Å². The van der Waals surface area contributed by atoms with Gasteiger partial charge in [0.1, 0.15) is 5.75 Å². The van der Waals surface area contributed by atoms with Crippen LogP contribution in [0.4, 0.5) is 0 Å². The molecule has 2 aromatic rings. The molecule has 1 fully saturated rings. The number of benzene rings is 2. The summed E-state index contributed by atoms with van der Waals surface area (Å²) >= 11 is 0. The Labute approximate surface area is 172 Å². The lowest BCUT2D eigenvalue weighted by Crippen LogP contribution is -2.29. The van der Waals surface area contributed by atoms with Crippen molar-refractivity contribution in [2.24, 2.45) is 5.92 Å². The zero-order chi connectivity index (χ0) is 19.4. The lowest BCUT2D eigenvalue weighted by molar-refractivity contribution is 0.0697. The van der Waals surface area contributed by atoms with Crippen LogP contribution in [0.5, 0.6) is 5.75 Å². The minimum absolute atomic E-state index is 0. The van der Waals surface area contributed by atoms with Crippen LogP contribution in [-0.2, 0) is 0 Å². The first-order chi connectivity index (χ1) is 12.9. The predicted molar refractivity (Wildman–Crippen MR) is 115 cm³/mol. The Hall–Kier alpha value is -2.30. The van der Waals surface area contributed by atoms with Crippen molar-refractivity contribution >= 4 is 24.5 Å². The lowest BCUT2D eigenvalue weighted by Gasteiger charge is -2.35. The van der Waals surface area contributed by atoms with E-state index in [1.807, 2.05) is 18.2 Å². The zero-order valence-electron chi connectivity index (χ0n) is 16.3. The van der Waals surface area contributed by atoms with E-state index in [0.29, 0.717) is 23.1 Å². The molecule has 2 unspecified atom stereocenters. The fourth-order valence-electron chi connectivity index (χ4n) is 4.08. The normalized spacial score (nSPS) is 20.8. The molecule has 0 heterocycles. The van der Waals surface area contributed by atoms with Crippen molar-refractivity contribution in [1.82, 2.24) is 4.90 Å². The van der Waals surface area contributed by atoms with Crippen LogP contribution in [0.3, 0.4) is 0 Å². The Morgan fingerprint density at radius 3 is 2.61 bits per heavy atom. The fourth-order valence-corrected chi connectivity index (χ4v) is 4.08. The number of aromatic carboxylic acids is 1. The van der Waals surface area contributed by atoms with E-state index in [-0.39, 0.29) is 12.4 Å². The largest absolute Gasteiger partial charge is 0.508 e. The number of hydrogen-bond acceptors (Lipinski definition) is 3. The molecular formula is C23H28ClNO3. The van der Waals surface area contributed by atoms with E-state index in [0.717, 1.165) is 31.4 Å². The highest BCUT2D eigenvalue weighted by atomic mass is 35.5. The van der Waals surface area contributed by atoms with Crippen molar-refractivity contribution in [1.29, 1.82) is 0 Å². The first-order valence-corrected chi connectivity index (χ1v) is 9.39. The van der Waals surface area contributed by atoms with Gasteiger partial charge >= 0.3 is 5.97 Å². The summed E-state index contributed by atoms with van der Waals surface area (Å²) < 4.78 is 0. The zero-order valence-corrected chi connectivity index (χ0v) is 17.2. The molecule has 0 saturated heterocycles. The molecule has 2 atom stereocenters.